The fourth-order valence-electron chi connectivity index (χ4n) is 11.7. The lowest BCUT2D eigenvalue weighted by molar-refractivity contribution is -0.324. The highest BCUT2D eigenvalue weighted by Crippen LogP contribution is 2.68. The maximum atomic E-state index is 11.6. The average Bonchev–Trinajstić information content (AvgIpc) is 3.42. The molecule has 21 atom stereocenters. The largest absolute Gasteiger partial charge is 0.394 e. The van der Waals surface area contributed by atoms with Crippen LogP contribution in [0.3, 0.4) is 0 Å². The molecule has 0 spiro atoms. The highest BCUT2D eigenvalue weighted by molar-refractivity contribution is 5.28. The first kappa shape index (κ1) is 41.8. The summed E-state index contributed by atoms with van der Waals surface area (Å²) in [5, 5.41) is 106. The molecular weight excluding hydrogens is 692 g/mol. The van der Waals surface area contributed by atoms with Gasteiger partial charge in [-0.3, -0.25) is 0 Å². The molecule has 2 saturated heterocycles. The van der Waals surface area contributed by atoms with E-state index in [1.807, 2.05) is 0 Å². The topological polar surface area (TPSA) is 239 Å². The average molecular weight is 759 g/mol. The molecule has 2 aliphatic heterocycles. The number of hydrogen-bond acceptors (Lipinski definition) is 14. The van der Waals surface area contributed by atoms with Gasteiger partial charge < -0.3 is 70.0 Å². The summed E-state index contributed by atoms with van der Waals surface area (Å²) in [5.74, 6) is 0.371. The number of aliphatic hydroxyl groups is 10. The summed E-state index contributed by atoms with van der Waals surface area (Å²) in [4.78, 5) is 0. The van der Waals surface area contributed by atoms with Crippen molar-refractivity contribution in [2.75, 3.05) is 13.2 Å². The molecule has 3 saturated carbocycles. The van der Waals surface area contributed by atoms with Crippen molar-refractivity contribution in [3.05, 3.63) is 11.6 Å². The first-order chi connectivity index (χ1) is 25.0. The van der Waals surface area contributed by atoms with Gasteiger partial charge in [0.15, 0.2) is 12.6 Å². The highest BCUT2D eigenvalue weighted by atomic mass is 16.7. The first-order valence-electron chi connectivity index (χ1n) is 19.9. The number of fused-ring (bicyclic) bond motifs is 5. The molecule has 0 aromatic rings. The van der Waals surface area contributed by atoms with Crippen molar-refractivity contribution >= 4 is 0 Å². The molecule has 0 aromatic carbocycles. The van der Waals surface area contributed by atoms with Crippen LogP contribution in [0, 0.1) is 46.3 Å². The van der Waals surface area contributed by atoms with Gasteiger partial charge in [-0.2, -0.15) is 0 Å². The zero-order valence-electron chi connectivity index (χ0n) is 31.8. The standard InChI is InChI=1S/C39H66O14/c1-17(2)6-9-24(43)18(3)29-25(50-36-34(48)32(46)30(44)26(15-40)51-36)14-23-21-8-7-19-12-20(42)13-28(39(19,5)22(21)10-11-38(23,29)4)53-37-35(49)33(47)31(45)27(16-41)52-37/h7,17-18,20-37,40-49H,6,8-16H2,1-5H3/t18-,20-,21-,22+,23+,24+,25+,26-,27-,28-,29+,30-,31-,32+,33+,34-,35-,36-,37+,38-,39+/m1/s1. The maximum absolute atomic E-state index is 11.6. The van der Waals surface area contributed by atoms with Crippen LogP contribution in [-0.4, -0.2) is 150 Å². The minimum absolute atomic E-state index is 0.0794. The summed E-state index contributed by atoms with van der Waals surface area (Å²) in [7, 11) is 0. The van der Waals surface area contributed by atoms with E-state index in [1.165, 1.54) is 0 Å². The Hall–Kier alpha value is -0.820. The zero-order valence-corrected chi connectivity index (χ0v) is 31.8. The Morgan fingerprint density at radius 2 is 1.36 bits per heavy atom. The normalized spacial score (nSPS) is 51.2. The van der Waals surface area contributed by atoms with E-state index in [4.69, 9.17) is 18.9 Å². The van der Waals surface area contributed by atoms with E-state index in [0.29, 0.717) is 25.2 Å². The van der Waals surface area contributed by atoms with Gasteiger partial charge in [-0.15, -0.1) is 0 Å². The van der Waals surface area contributed by atoms with E-state index >= 15 is 0 Å². The van der Waals surface area contributed by atoms with Crippen LogP contribution in [0.4, 0.5) is 0 Å². The smallest absolute Gasteiger partial charge is 0.187 e. The third kappa shape index (κ3) is 7.42. The number of ether oxygens (including phenoxy) is 4. The van der Waals surface area contributed by atoms with Crippen molar-refractivity contribution in [1.29, 1.82) is 0 Å². The second-order valence-corrected chi connectivity index (χ2v) is 18.1. The molecule has 0 radical (unpaired) electrons. The molecule has 0 aromatic heterocycles. The van der Waals surface area contributed by atoms with Crippen LogP contribution in [-0.2, 0) is 18.9 Å². The molecule has 2 heterocycles. The maximum Gasteiger partial charge on any atom is 0.187 e. The molecule has 6 aliphatic rings. The van der Waals surface area contributed by atoms with Crippen LogP contribution in [0.15, 0.2) is 11.6 Å². The molecule has 53 heavy (non-hydrogen) atoms. The Balaban J connectivity index is 1.31. The monoisotopic (exact) mass is 758 g/mol. The minimum atomic E-state index is -1.59. The molecule has 10 N–H and O–H groups in total. The van der Waals surface area contributed by atoms with Gasteiger partial charge in [0.1, 0.15) is 48.8 Å². The summed E-state index contributed by atoms with van der Waals surface area (Å²) < 4.78 is 24.8. The summed E-state index contributed by atoms with van der Waals surface area (Å²) in [5.41, 5.74) is 0.176. The lowest BCUT2D eigenvalue weighted by Gasteiger charge is -2.60. The van der Waals surface area contributed by atoms with Crippen molar-refractivity contribution in [2.45, 2.75) is 172 Å². The molecule has 14 nitrogen and oxygen atoms in total. The molecule has 5 fully saturated rings. The van der Waals surface area contributed by atoms with Crippen LogP contribution >= 0.6 is 0 Å². The van der Waals surface area contributed by atoms with Crippen molar-refractivity contribution < 1.29 is 70.0 Å². The Morgan fingerprint density at radius 1 is 0.774 bits per heavy atom. The van der Waals surface area contributed by atoms with Gasteiger partial charge in [-0.25, -0.2) is 0 Å². The lowest BCUT2D eigenvalue weighted by Crippen LogP contribution is -2.62. The molecule has 14 heteroatoms. The van der Waals surface area contributed by atoms with Crippen LogP contribution in [0.1, 0.15) is 86.0 Å². The quantitative estimate of drug-likeness (QED) is 0.124. The van der Waals surface area contributed by atoms with E-state index in [0.717, 1.165) is 31.3 Å². The summed E-state index contributed by atoms with van der Waals surface area (Å²) in [6.45, 7) is 9.58. The highest BCUT2D eigenvalue weighted by Gasteiger charge is 2.65. The molecule has 0 bridgehead atoms. The Kier molecular flexibility index (Phi) is 12.8. The molecule has 4 aliphatic carbocycles. The molecule has 6 rings (SSSR count). The van der Waals surface area contributed by atoms with E-state index in [9.17, 15) is 51.1 Å². The Labute approximate surface area is 312 Å². The van der Waals surface area contributed by atoms with Gasteiger partial charge in [0.05, 0.1) is 37.6 Å². The predicted molar refractivity (Wildman–Crippen MR) is 188 cm³/mol. The van der Waals surface area contributed by atoms with Crippen LogP contribution < -0.4 is 0 Å². The fraction of sp³-hybridized carbons (Fsp3) is 0.949. The second kappa shape index (κ2) is 16.2. The minimum Gasteiger partial charge on any atom is -0.394 e. The SMILES string of the molecule is CC(C)CC[C@H](O)[C@@H](C)[C@H]1[C@@H](O[C@@H]2O[C@H](CO)[C@@H](O)[C@H](O)[C@H]2O)C[C@H]2[C@@H]3CC=C4C[C@@H](O)C[C@@H](O[C@@H]5O[C@H](CO)[C@@H](O)[C@H](O)[C@H]5O)[C@]4(C)[C@H]3CC[C@@]12C. The third-order valence-electron chi connectivity index (χ3n) is 14.7. The van der Waals surface area contributed by atoms with Crippen LogP contribution in [0.25, 0.3) is 0 Å². The van der Waals surface area contributed by atoms with Crippen LogP contribution in [0.2, 0.25) is 0 Å². The van der Waals surface area contributed by atoms with Gasteiger partial charge in [0.25, 0.3) is 0 Å². The zero-order chi connectivity index (χ0) is 38.7. The van der Waals surface area contributed by atoms with E-state index in [2.05, 4.69) is 40.7 Å². The van der Waals surface area contributed by atoms with Gasteiger partial charge in [0, 0.05) is 11.8 Å². The van der Waals surface area contributed by atoms with E-state index in [1.54, 1.807) is 0 Å². The summed E-state index contributed by atoms with van der Waals surface area (Å²) in [6.07, 6.45) is -9.27. The molecule has 306 valence electrons. The molecular formula is C39H66O14. The van der Waals surface area contributed by atoms with Crippen molar-refractivity contribution in [1.82, 2.24) is 0 Å². The predicted octanol–water partition coefficient (Wildman–Crippen LogP) is -0.0505. The summed E-state index contributed by atoms with van der Waals surface area (Å²) in [6, 6.07) is 0. The third-order valence-corrected chi connectivity index (χ3v) is 14.7. The van der Waals surface area contributed by atoms with Gasteiger partial charge in [-0.05, 0) is 85.9 Å². The molecule has 0 amide bonds. The van der Waals surface area contributed by atoms with Crippen LogP contribution in [0.5, 0.6) is 0 Å². The Morgan fingerprint density at radius 3 is 1.92 bits per heavy atom. The number of aliphatic hydroxyl groups excluding tert-OH is 10. The van der Waals surface area contributed by atoms with E-state index < -0.39 is 104 Å². The van der Waals surface area contributed by atoms with Gasteiger partial charge in [0.2, 0.25) is 0 Å². The summed E-state index contributed by atoms with van der Waals surface area (Å²) >= 11 is 0. The fourth-order valence-corrected chi connectivity index (χ4v) is 11.7. The van der Waals surface area contributed by atoms with Gasteiger partial charge >= 0.3 is 0 Å². The number of hydrogen-bond donors (Lipinski definition) is 10. The second-order valence-electron chi connectivity index (χ2n) is 18.1. The van der Waals surface area contributed by atoms with Crippen molar-refractivity contribution in [3.8, 4) is 0 Å². The van der Waals surface area contributed by atoms with Gasteiger partial charge in [-0.1, -0.05) is 46.3 Å². The Bertz CT molecular complexity index is 1260. The van der Waals surface area contributed by atoms with Crippen molar-refractivity contribution in [3.63, 3.8) is 0 Å². The van der Waals surface area contributed by atoms with Crippen molar-refractivity contribution in [2.24, 2.45) is 46.3 Å². The molecule has 0 unspecified atom stereocenters. The lowest BCUT2D eigenvalue weighted by atomic mass is 9.46. The first-order valence-corrected chi connectivity index (χ1v) is 19.9. The van der Waals surface area contributed by atoms with E-state index in [-0.39, 0.29) is 41.4 Å². The number of allylic oxidation sites excluding steroid dienone is 1. The number of rotatable bonds is 11.